The molecule has 1 saturated heterocycles. The van der Waals surface area contributed by atoms with Crippen molar-refractivity contribution in [2.45, 2.75) is 84.1 Å². The van der Waals surface area contributed by atoms with Crippen LogP contribution in [0.4, 0.5) is 0 Å². The van der Waals surface area contributed by atoms with Crippen LogP contribution in [0.15, 0.2) is 57.9 Å². The normalized spacial score (nSPS) is 20.3. The van der Waals surface area contributed by atoms with E-state index in [0.717, 1.165) is 47.1 Å². The van der Waals surface area contributed by atoms with Gasteiger partial charge in [-0.1, -0.05) is 31.9 Å². The van der Waals surface area contributed by atoms with Crippen LogP contribution in [0, 0.1) is 0 Å². The minimum atomic E-state index is -1.64. The van der Waals surface area contributed by atoms with Crippen LogP contribution in [0.5, 0.6) is 11.5 Å². The fourth-order valence-electron chi connectivity index (χ4n) is 5.09. The van der Waals surface area contributed by atoms with E-state index in [1.54, 1.807) is 24.3 Å². The molecule has 1 aliphatic rings. The van der Waals surface area contributed by atoms with Gasteiger partial charge in [-0.25, -0.2) is 4.79 Å². The molecule has 0 unspecified atom stereocenters. The van der Waals surface area contributed by atoms with Crippen molar-refractivity contribution in [1.29, 1.82) is 0 Å². The summed E-state index contributed by atoms with van der Waals surface area (Å²) < 4.78 is 43.7. The molecule has 0 bridgehead atoms. The van der Waals surface area contributed by atoms with Crippen LogP contribution >= 0.6 is 0 Å². The van der Waals surface area contributed by atoms with Crippen LogP contribution in [0.1, 0.15) is 53.4 Å². The Kier molecular flexibility index (Phi) is 11.9. The molecule has 2 aromatic carbocycles. The van der Waals surface area contributed by atoms with Crippen LogP contribution in [0.25, 0.3) is 22.1 Å². The maximum absolute atomic E-state index is 13.4. The van der Waals surface area contributed by atoms with Crippen molar-refractivity contribution in [3.63, 3.8) is 0 Å². The molecule has 0 aliphatic carbocycles. The Morgan fingerprint density at radius 2 is 1.42 bits per heavy atom. The molecule has 14 nitrogen and oxygen atoms in total. The highest BCUT2D eigenvalue weighted by Crippen LogP contribution is 2.32. The average molecular weight is 669 g/mol. The SMILES string of the molecule is CCCCCC(=O)Oc1ccc(-c2coc3cc(O[C@@H]4O[C@H](C(=O)OC)[C@@H](OC(C)=O)[C@H](OC(C)=O)[C@H]4OC(C)=O)ccc3c2=O)cc1. The molecule has 1 aromatic heterocycles. The third kappa shape index (κ3) is 8.76. The summed E-state index contributed by atoms with van der Waals surface area (Å²) in [6.07, 6.45) is -3.56. The summed E-state index contributed by atoms with van der Waals surface area (Å²) in [6, 6.07) is 10.7. The third-order valence-corrected chi connectivity index (χ3v) is 7.21. The van der Waals surface area contributed by atoms with Crippen LogP contribution < -0.4 is 14.9 Å². The largest absolute Gasteiger partial charge is 0.467 e. The van der Waals surface area contributed by atoms with Gasteiger partial charge >= 0.3 is 29.8 Å². The number of benzene rings is 2. The number of unbranched alkanes of at least 4 members (excludes halogenated alkanes) is 2. The zero-order valence-electron chi connectivity index (χ0n) is 27.0. The molecule has 0 spiro atoms. The van der Waals surface area contributed by atoms with Gasteiger partial charge in [-0.3, -0.25) is 24.0 Å². The first-order chi connectivity index (χ1) is 22.9. The summed E-state index contributed by atoms with van der Waals surface area (Å²) in [5, 5.41) is 0.201. The summed E-state index contributed by atoms with van der Waals surface area (Å²) >= 11 is 0. The Morgan fingerprint density at radius 1 is 0.792 bits per heavy atom. The van der Waals surface area contributed by atoms with Crippen LogP contribution in [-0.4, -0.2) is 67.7 Å². The molecule has 4 rings (SSSR count). The van der Waals surface area contributed by atoms with Gasteiger partial charge in [0.2, 0.25) is 12.4 Å². The molecule has 0 radical (unpaired) electrons. The number of rotatable bonds is 12. The fourth-order valence-corrected chi connectivity index (χ4v) is 5.09. The van der Waals surface area contributed by atoms with Crippen LogP contribution in [0.3, 0.4) is 0 Å². The van der Waals surface area contributed by atoms with Crippen molar-refractivity contribution in [1.82, 2.24) is 0 Å². The standard InChI is InChI=1S/C34H36O14/c1-6-7-8-9-27(38)46-22-12-10-21(11-13-22)25-17-42-26-16-23(14-15-24(26)28(25)39)47-34-32(45-20(4)37)30(44-19(3)36)29(43-18(2)35)31(48-34)33(40)41-5/h10-17,29-32,34H,6-9H2,1-5H3/t29-,30-,31-,32+,34+/m0/s1. The molecule has 1 fully saturated rings. The second-order valence-corrected chi connectivity index (χ2v) is 10.9. The molecule has 1 aliphatic heterocycles. The number of methoxy groups -OCH3 is 1. The number of hydrogen-bond acceptors (Lipinski definition) is 14. The number of ether oxygens (including phenoxy) is 7. The molecular weight excluding hydrogens is 632 g/mol. The van der Waals surface area contributed by atoms with Gasteiger partial charge in [0.15, 0.2) is 23.7 Å². The van der Waals surface area contributed by atoms with E-state index in [2.05, 4.69) is 0 Å². The van der Waals surface area contributed by atoms with Crippen molar-refractivity contribution in [2.75, 3.05) is 7.11 Å². The Bertz CT molecular complexity index is 1710. The van der Waals surface area contributed by atoms with Crippen LogP contribution in [0.2, 0.25) is 0 Å². The van der Waals surface area contributed by atoms with E-state index >= 15 is 0 Å². The average Bonchev–Trinajstić information content (AvgIpc) is 3.03. The van der Waals surface area contributed by atoms with E-state index in [9.17, 15) is 28.8 Å². The van der Waals surface area contributed by atoms with Gasteiger partial charge < -0.3 is 37.6 Å². The van der Waals surface area contributed by atoms with E-state index in [4.69, 9.17) is 37.6 Å². The number of fused-ring (bicyclic) bond motifs is 1. The Morgan fingerprint density at radius 3 is 2.04 bits per heavy atom. The zero-order chi connectivity index (χ0) is 35.0. The predicted octanol–water partition coefficient (Wildman–Crippen LogP) is 4.02. The molecule has 0 N–H and O–H groups in total. The van der Waals surface area contributed by atoms with Gasteiger partial charge in [0.25, 0.3) is 0 Å². The number of carbonyl (C=O) groups is 5. The lowest BCUT2D eigenvalue weighted by atomic mass is 9.97. The molecule has 14 heteroatoms. The van der Waals surface area contributed by atoms with Gasteiger partial charge in [0, 0.05) is 33.3 Å². The van der Waals surface area contributed by atoms with Crippen LogP contribution in [-0.2, 0) is 47.7 Å². The van der Waals surface area contributed by atoms with Gasteiger partial charge in [-0.2, -0.15) is 0 Å². The first-order valence-electron chi connectivity index (χ1n) is 15.2. The van der Waals surface area contributed by atoms with E-state index in [1.807, 2.05) is 6.92 Å². The second kappa shape index (κ2) is 16.0. The van der Waals surface area contributed by atoms with Gasteiger partial charge in [0.05, 0.1) is 18.1 Å². The third-order valence-electron chi connectivity index (χ3n) is 7.21. The highest BCUT2D eigenvalue weighted by atomic mass is 16.7. The molecular formula is C34H36O14. The number of esters is 5. The first-order valence-corrected chi connectivity index (χ1v) is 15.2. The minimum Gasteiger partial charge on any atom is -0.467 e. The van der Waals surface area contributed by atoms with Crippen molar-refractivity contribution in [3.05, 3.63) is 59.0 Å². The molecule has 256 valence electrons. The Labute approximate surface area is 275 Å². The van der Waals surface area contributed by atoms with Gasteiger partial charge in [0.1, 0.15) is 23.3 Å². The van der Waals surface area contributed by atoms with Crippen molar-refractivity contribution >= 4 is 40.8 Å². The lowest BCUT2D eigenvalue weighted by Crippen LogP contribution is -2.64. The number of hydrogen-bond donors (Lipinski definition) is 0. The zero-order valence-corrected chi connectivity index (χ0v) is 27.0. The molecule has 3 aromatic rings. The molecule has 5 atom stereocenters. The first kappa shape index (κ1) is 35.6. The predicted molar refractivity (Wildman–Crippen MR) is 166 cm³/mol. The lowest BCUT2D eigenvalue weighted by Gasteiger charge is -2.43. The quantitative estimate of drug-likeness (QED) is 0.117. The van der Waals surface area contributed by atoms with E-state index in [1.165, 1.54) is 24.5 Å². The smallest absolute Gasteiger partial charge is 0.339 e. The minimum absolute atomic E-state index is 0.0572. The van der Waals surface area contributed by atoms with E-state index < -0.39 is 54.6 Å². The second-order valence-electron chi connectivity index (χ2n) is 10.9. The van der Waals surface area contributed by atoms with Crippen molar-refractivity contribution < 1.29 is 61.5 Å². The van der Waals surface area contributed by atoms with E-state index in [-0.39, 0.29) is 33.7 Å². The monoisotopic (exact) mass is 668 g/mol. The Balaban J connectivity index is 1.61. The summed E-state index contributed by atoms with van der Waals surface area (Å²) in [5.41, 5.74) is 0.551. The summed E-state index contributed by atoms with van der Waals surface area (Å²) in [5.74, 6) is -3.39. The van der Waals surface area contributed by atoms with Gasteiger partial charge in [-0.05, 0) is 36.2 Å². The molecule has 0 saturated carbocycles. The highest BCUT2D eigenvalue weighted by Gasteiger charge is 2.55. The summed E-state index contributed by atoms with van der Waals surface area (Å²) in [4.78, 5) is 74.2. The van der Waals surface area contributed by atoms with Gasteiger partial charge in [-0.15, -0.1) is 0 Å². The molecule has 2 heterocycles. The summed E-state index contributed by atoms with van der Waals surface area (Å²) in [6.45, 7) is 5.28. The maximum Gasteiger partial charge on any atom is 0.339 e. The van der Waals surface area contributed by atoms with Crippen molar-refractivity contribution in [3.8, 4) is 22.6 Å². The highest BCUT2D eigenvalue weighted by molar-refractivity contribution is 5.83. The topological polar surface area (TPSA) is 180 Å². The summed E-state index contributed by atoms with van der Waals surface area (Å²) in [7, 11) is 1.07. The lowest BCUT2D eigenvalue weighted by molar-refractivity contribution is -0.282. The van der Waals surface area contributed by atoms with E-state index in [0.29, 0.717) is 17.7 Å². The maximum atomic E-state index is 13.4. The number of carbonyl (C=O) groups excluding carboxylic acids is 5. The fraction of sp³-hybridized carbons (Fsp3) is 0.412. The molecule has 48 heavy (non-hydrogen) atoms. The van der Waals surface area contributed by atoms with Crippen molar-refractivity contribution in [2.24, 2.45) is 0 Å². The molecule has 0 amide bonds. The Hall–Kier alpha value is -5.24.